The van der Waals surface area contributed by atoms with Crippen LogP contribution in [-0.4, -0.2) is 11.7 Å². The van der Waals surface area contributed by atoms with Gasteiger partial charge in [-0.2, -0.15) is 0 Å². The van der Waals surface area contributed by atoms with Crippen molar-refractivity contribution >= 4 is 0 Å². The Balaban J connectivity index is 2.32. The van der Waals surface area contributed by atoms with Gasteiger partial charge in [0.05, 0.1) is 6.61 Å². The molecule has 1 aliphatic rings. The highest BCUT2D eigenvalue weighted by molar-refractivity contribution is 5.30. The first kappa shape index (κ1) is 8.52. The van der Waals surface area contributed by atoms with Crippen LogP contribution in [0.2, 0.25) is 0 Å². The molecule has 0 fully saturated rings. The molecule has 0 spiro atoms. The highest BCUT2D eigenvalue weighted by Crippen LogP contribution is 2.36. The molecule has 0 aromatic heterocycles. The summed E-state index contributed by atoms with van der Waals surface area (Å²) in [6.07, 6.45) is 6.24. The second-order valence-corrected chi connectivity index (χ2v) is 3.68. The van der Waals surface area contributed by atoms with Crippen LogP contribution >= 0.6 is 0 Å². The van der Waals surface area contributed by atoms with Crippen LogP contribution in [0.3, 0.4) is 0 Å². The molecular weight excluding hydrogens is 160 g/mol. The second kappa shape index (κ2) is 3.35. The number of aliphatic hydroxyl groups excluding tert-OH is 1. The predicted molar refractivity (Wildman–Crippen MR) is 53.6 cm³/mol. The highest BCUT2D eigenvalue weighted by Gasteiger charge is 2.31. The lowest BCUT2D eigenvalue weighted by Gasteiger charge is -2.26. The summed E-state index contributed by atoms with van der Waals surface area (Å²) < 4.78 is 0. The van der Waals surface area contributed by atoms with E-state index in [-0.39, 0.29) is 12.0 Å². The van der Waals surface area contributed by atoms with Crippen molar-refractivity contribution in [1.29, 1.82) is 0 Å². The Kier molecular flexibility index (Phi) is 2.19. The number of rotatable bonds is 2. The molecule has 0 amide bonds. The third-order valence-electron chi connectivity index (χ3n) is 2.87. The third kappa shape index (κ3) is 1.40. The molecule has 0 heterocycles. The van der Waals surface area contributed by atoms with Crippen molar-refractivity contribution in [1.82, 2.24) is 0 Å². The molecule has 0 unspecified atom stereocenters. The lowest BCUT2D eigenvalue weighted by molar-refractivity contribution is 0.200. The van der Waals surface area contributed by atoms with Gasteiger partial charge >= 0.3 is 0 Å². The fraction of sp³-hybridized carbons (Fsp3) is 0.333. The molecule has 1 aromatic carbocycles. The van der Waals surface area contributed by atoms with Crippen LogP contribution in [0, 0.1) is 0 Å². The molecule has 1 nitrogen and oxygen atoms in total. The molecular formula is C12H14O. The Hall–Kier alpha value is -1.08. The van der Waals surface area contributed by atoms with Crippen LogP contribution < -0.4 is 0 Å². The molecule has 0 saturated heterocycles. The average molecular weight is 174 g/mol. The van der Waals surface area contributed by atoms with Crippen LogP contribution in [0.4, 0.5) is 0 Å². The Labute approximate surface area is 78.7 Å². The van der Waals surface area contributed by atoms with Crippen molar-refractivity contribution < 1.29 is 5.11 Å². The standard InChI is InChI=1S/C12H14O/c13-10-12(8-4-5-9-12)11-6-2-1-3-7-11/h1-7,13H,8-10H2. The fourth-order valence-corrected chi connectivity index (χ4v) is 1.95. The Morgan fingerprint density at radius 1 is 1.08 bits per heavy atom. The van der Waals surface area contributed by atoms with Gasteiger partial charge in [0.15, 0.2) is 0 Å². The quantitative estimate of drug-likeness (QED) is 0.682. The van der Waals surface area contributed by atoms with Gasteiger partial charge in [-0.1, -0.05) is 42.5 Å². The average Bonchev–Trinajstić information content (AvgIpc) is 2.69. The van der Waals surface area contributed by atoms with Crippen molar-refractivity contribution in [2.24, 2.45) is 0 Å². The van der Waals surface area contributed by atoms with E-state index in [9.17, 15) is 5.11 Å². The molecule has 68 valence electrons. The lowest BCUT2D eigenvalue weighted by atomic mass is 9.79. The van der Waals surface area contributed by atoms with E-state index >= 15 is 0 Å². The number of hydrogen-bond acceptors (Lipinski definition) is 1. The Morgan fingerprint density at radius 3 is 2.23 bits per heavy atom. The zero-order valence-corrected chi connectivity index (χ0v) is 7.61. The van der Waals surface area contributed by atoms with Crippen molar-refractivity contribution in [2.45, 2.75) is 18.3 Å². The summed E-state index contributed by atoms with van der Waals surface area (Å²) in [6, 6.07) is 10.3. The molecule has 0 radical (unpaired) electrons. The van der Waals surface area contributed by atoms with Gasteiger partial charge < -0.3 is 5.11 Å². The van der Waals surface area contributed by atoms with E-state index < -0.39 is 0 Å². The van der Waals surface area contributed by atoms with Crippen molar-refractivity contribution in [2.75, 3.05) is 6.61 Å². The summed E-state index contributed by atoms with van der Waals surface area (Å²) in [5.41, 5.74) is 1.23. The predicted octanol–water partition coefficient (Wildman–Crippen LogP) is 2.27. The van der Waals surface area contributed by atoms with Crippen LogP contribution in [0.5, 0.6) is 0 Å². The number of hydrogen-bond donors (Lipinski definition) is 1. The van der Waals surface area contributed by atoms with E-state index in [4.69, 9.17) is 0 Å². The van der Waals surface area contributed by atoms with E-state index in [1.165, 1.54) is 5.56 Å². The number of allylic oxidation sites excluding steroid dienone is 2. The maximum atomic E-state index is 9.43. The number of benzene rings is 1. The second-order valence-electron chi connectivity index (χ2n) is 3.68. The van der Waals surface area contributed by atoms with Crippen LogP contribution in [-0.2, 0) is 5.41 Å². The first-order valence-corrected chi connectivity index (χ1v) is 4.69. The number of aliphatic hydroxyl groups is 1. The summed E-state index contributed by atoms with van der Waals surface area (Å²) in [5.74, 6) is 0. The van der Waals surface area contributed by atoms with E-state index in [1.54, 1.807) is 0 Å². The minimum atomic E-state index is -0.0265. The van der Waals surface area contributed by atoms with E-state index in [0.717, 1.165) is 12.8 Å². The maximum absolute atomic E-state index is 9.43. The first-order valence-electron chi connectivity index (χ1n) is 4.69. The molecule has 0 saturated carbocycles. The summed E-state index contributed by atoms with van der Waals surface area (Å²) in [4.78, 5) is 0. The summed E-state index contributed by atoms with van der Waals surface area (Å²) in [5, 5.41) is 9.43. The van der Waals surface area contributed by atoms with E-state index in [0.29, 0.717) is 0 Å². The minimum absolute atomic E-state index is 0.0265. The van der Waals surface area contributed by atoms with Crippen LogP contribution in [0.1, 0.15) is 18.4 Å². The topological polar surface area (TPSA) is 20.2 Å². The van der Waals surface area contributed by atoms with Crippen LogP contribution in [0.25, 0.3) is 0 Å². The van der Waals surface area contributed by atoms with Gasteiger partial charge in [0.2, 0.25) is 0 Å². The zero-order valence-electron chi connectivity index (χ0n) is 7.61. The normalized spacial score (nSPS) is 19.2. The van der Waals surface area contributed by atoms with Gasteiger partial charge in [-0.3, -0.25) is 0 Å². The first-order chi connectivity index (χ1) is 6.37. The van der Waals surface area contributed by atoms with Gasteiger partial charge in [-0.25, -0.2) is 0 Å². The zero-order chi connectivity index (χ0) is 9.15. The molecule has 0 bridgehead atoms. The molecule has 1 N–H and O–H groups in total. The molecule has 0 aliphatic heterocycles. The smallest absolute Gasteiger partial charge is 0.0533 e. The largest absolute Gasteiger partial charge is 0.395 e. The molecule has 13 heavy (non-hydrogen) atoms. The third-order valence-corrected chi connectivity index (χ3v) is 2.87. The van der Waals surface area contributed by atoms with Gasteiger partial charge in [0.25, 0.3) is 0 Å². The van der Waals surface area contributed by atoms with Gasteiger partial charge in [0, 0.05) is 5.41 Å². The lowest BCUT2D eigenvalue weighted by Crippen LogP contribution is -2.26. The van der Waals surface area contributed by atoms with Crippen LogP contribution in [0.15, 0.2) is 42.5 Å². The Morgan fingerprint density at radius 2 is 1.69 bits per heavy atom. The molecule has 1 aromatic rings. The monoisotopic (exact) mass is 174 g/mol. The molecule has 1 aliphatic carbocycles. The minimum Gasteiger partial charge on any atom is -0.395 e. The Bertz CT molecular complexity index is 292. The van der Waals surface area contributed by atoms with E-state index in [2.05, 4.69) is 24.3 Å². The SMILES string of the molecule is OCC1(c2ccccc2)CC=CC1. The highest BCUT2D eigenvalue weighted by atomic mass is 16.3. The van der Waals surface area contributed by atoms with Crippen molar-refractivity contribution in [3.63, 3.8) is 0 Å². The van der Waals surface area contributed by atoms with Gasteiger partial charge in [0.1, 0.15) is 0 Å². The molecule has 2 rings (SSSR count). The van der Waals surface area contributed by atoms with E-state index in [1.807, 2.05) is 18.2 Å². The molecule has 0 atom stereocenters. The summed E-state index contributed by atoms with van der Waals surface area (Å²) in [6.45, 7) is 0.240. The van der Waals surface area contributed by atoms with Gasteiger partial charge in [-0.15, -0.1) is 0 Å². The fourth-order valence-electron chi connectivity index (χ4n) is 1.95. The summed E-state index contributed by atoms with van der Waals surface area (Å²) >= 11 is 0. The maximum Gasteiger partial charge on any atom is 0.0533 e. The van der Waals surface area contributed by atoms with Crippen molar-refractivity contribution in [3.8, 4) is 0 Å². The molecule has 1 heteroatoms. The summed E-state index contributed by atoms with van der Waals surface area (Å²) in [7, 11) is 0. The van der Waals surface area contributed by atoms with Gasteiger partial charge in [-0.05, 0) is 18.4 Å². The van der Waals surface area contributed by atoms with Crippen molar-refractivity contribution in [3.05, 3.63) is 48.0 Å².